The summed E-state index contributed by atoms with van der Waals surface area (Å²) in [5.74, 6) is 3.64. The molecule has 0 saturated carbocycles. The molecule has 2 aliphatic heterocycles. The summed E-state index contributed by atoms with van der Waals surface area (Å²) in [5, 5.41) is 8.13. The van der Waals surface area contributed by atoms with Gasteiger partial charge in [0.25, 0.3) is 0 Å². The van der Waals surface area contributed by atoms with E-state index in [4.69, 9.17) is 18.9 Å². The monoisotopic (exact) mass is 482 g/mol. The third-order valence-corrected chi connectivity index (χ3v) is 6.72. The maximum atomic E-state index is 6.74. The average molecular weight is 483 g/mol. The minimum absolute atomic E-state index is 0.268. The van der Waals surface area contributed by atoms with E-state index in [1.165, 1.54) is 0 Å². The molecule has 4 aromatic rings. The Morgan fingerprint density at radius 2 is 1.67 bits per heavy atom. The van der Waals surface area contributed by atoms with Crippen molar-refractivity contribution in [3.05, 3.63) is 94.8 Å². The van der Waals surface area contributed by atoms with Crippen molar-refractivity contribution in [1.29, 1.82) is 0 Å². The summed E-state index contributed by atoms with van der Waals surface area (Å²) >= 11 is 0. The van der Waals surface area contributed by atoms with Crippen LogP contribution in [0.4, 0.5) is 5.95 Å². The largest absolute Gasteiger partial charge is 0.497 e. The summed E-state index contributed by atoms with van der Waals surface area (Å²) in [6.45, 7) is 2.07. The van der Waals surface area contributed by atoms with Crippen LogP contribution in [0.25, 0.3) is 5.70 Å². The Kier molecular flexibility index (Phi) is 5.29. The van der Waals surface area contributed by atoms with Crippen LogP contribution in [0.5, 0.6) is 23.0 Å². The molecule has 182 valence electrons. The van der Waals surface area contributed by atoms with E-state index >= 15 is 0 Å². The first-order valence-electron chi connectivity index (χ1n) is 11.7. The number of hydrogen-bond acceptors (Lipinski definition) is 7. The number of nitrogens with zero attached hydrogens (tertiary/aromatic N) is 3. The number of methoxy groups -OCH3 is 3. The molecule has 1 aromatic heterocycles. The third kappa shape index (κ3) is 3.45. The molecular weight excluding hydrogens is 456 g/mol. The molecule has 3 aromatic carbocycles. The summed E-state index contributed by atoms with van der Waals surface area (Å²) in [6, 6.07) is 19.8. The molecule has 8 nitrogen and oxygen atoms in total. The van der Waals surface area contributed by atoms with Gasteiger partial charge in [-0.15, -0.1) is 0 Å². The average Bonchev–Trinajstić information content (AvgIpc) is 3.39. The second-order valence-corrected chi connectivity index (χ2v) is 8.76. The van der Waals surface area contributed by atoms with Crippen molar-refractivity contribution in [3.8, 4) is 23.0 Å². The Labute approximate surface area is 209 Å². The van der Waals surface area contributed by atoms with Crippen LogP contribution >= 0.6 is 0 Å². The van der Waals surface area contributed by atoms with E-state index < -0.39 is 6.10 Å². The zero-order valence-corrected chi connectivity index (χ0v) is 20.5. The number of benzene rings is 3. The summed E-state index contributed by atoms with van der Waals surface area (Å²) in [7, 11) is 4.96. The molecule has 0 radical (unpaired) electrons. The van der Waals surface area contributed by atoms with Crippen LogP contribution in [-0.2, 0) is 0 Å². The van der Waals surface area contributed by atoms with Gasteiger partial charge < -0.3 is 24.3 Å². The van der Waals surface area contributed by atoms with E-state index in [1.54, 1.807) is 27.7 Å². The minimum Gasteiger partial charge on any atom is -0.497 e. The van der Waals surface area contributed by atoms with Gasteiger partial charge in [0, 0.05) is 22.8 Å². The number of rotatable bonds is 5. The summed E-state index contributed by atoms with van der Waals surface area (Å²) in [5.41, 5.74) is 6.03. The molecule has 2 aliphatic rings. The standard InChI is InChI=1S/C28H26N4O4/c1-16-5-12-22-21(13-16)25-24(27(36-22)20-11-10-19(34-3)14-23(20)35-4)26(32-28(31-25)29-15-30-32)17-6-8-18(33-2)9-7-17/h5-15,26-27H,1-4H3,(H,29,30,31)/t26-,27+/m0/s1. The number of ether oxygens (including phenoxy) is 4. The van der Waals surface area contributed by atoms with Crippen molar-refractivity contribution >= 4 is 11.6 Å². The van der Waals surface area contributed by atoms with Gasteiger partial charge >= 0.3 is 0 Å². The van der Waals surface area contributed by atoms with E-state index in [0.29, 0.717) is 17.4 Å². The number of nitrogens with one attached hydrogen (secondary N) is 1. The third-order valence-electron chi connectivity index (χ3n) is 6.72. The van der Waals surface area contributed by atoms with Crippen LogP contribution in [0, 0.1) is 6.92 Å². The van der Waals surface area contributed by atoms with E-state index in [0.717, 1.165) is 45.0 Å². The Bertz CT molecular complexity index is 1480. The molecular formula is C28H26N4O4. The fourth-order valence-electron chi connectivity index (χ4n) is 4.98. The van der Waals surface area contributed by atoms with E-state index in [2.05, 4.69) is 46.6 Å². The summed E-state index contributed by atoms with van der Waals surface area (Å²) in [4.78, 5) is 4.51. The molecule has 3 heterocycles. The lowest BCUT2D eigenvalue weighted by molar-refractivity contribution is 0.217. The fourth-order valence-corrected chi connectivity index (χ4v) is 4.98. The molecule has 0 amide bonds. The Morgan fingerprint density at radius 3 is 2.42 bits per heavy atom. The maximum absolute atomic E-state index is 6.74. The highest BCUT2D eigenvalue weighted by molar-refractivity contribution is 5.85. The predicted octanol–water partition coefficient (Wildman–Crippen LogP) is 5.17. The van der Waals surface area contributed by atoms with Crippen LogP contribution < -0.4 is 24.3 Å². The highest BCUT2D eigenvalue weighted by Crippen LogP contribution is 2.52. The first-order valence-corrected chi connectivity index (χ1v) is 11.7. The molecule has 0 aliphatic carbocycles. The van der Waals surface area contributed by atoms with Gasteiger partial charge in [-0.2, -0.15) is 10.1 Å². The number of fused-ring (bicyclic) bond motifs is 3. The highest BCUT2D eigenvalue weighted by atomic mass is 16.5. The Morgan fingerprint density at radius 1 is 0.889 bits per heavy atom. The normalized spacial score (nSPS) is 17.8. The van der Waals surface area contributed by atoms with E-state index in [9.17, 15) is 0 Å². The molecule has 0 unspecified atom stereocenters. The molecule has 6 rings (SSSR count). The lowest BCUT2D eigenvalue weighted by atomic mass is 9.84. The molecule has 8 heteroatoms. The quantitative estimate of drug-likeness (QED) is 0.420. The fraction of sp³-hybridized carbons (Fsp3) is 0.214. The number of hydrogen-bond donors (Lipinski definition) is 1. The highest BCUT2D eigenvalue weighted by Gasteiger charge is 2.42. The first-order chi connectivity index (χ1) is 17.6. The van der Waals surface area contributed by atoms with Gasteiger partial charge in [-0.05, 0) is 48.9 Å². The Hall–Kier alpha value is -4.46. The number of aryl methyl sites for hydroxylation is 1. The lowest BCUT2D eigenvalue weighted by Crippen LogP contribution is -2.32. The topological polar surface area (TPSA) is 79.7 Å². The molecule has 0 bridgehead atoms. The Balaban J connectivity index is 1.62. The van der Waals surface area contributed by atoms with Crippen molar-refractivity contribution < 1.29 is 18.9 Å². The molecule has 0 saturated heterocycles. The van der Waals surface area contributed by atoms with Gasteiger partial charge in [0.1, 0.15) is 35.4 Å². The van der Waals surface area contributed by atoms with Gasteiger partial charge in [0.15, 0.2) is 6.10 Å². The van der Waals surface area contributed by atoms with Crippen LogP contribution in [0.1, 0.15) is 34.4 Å². The zero-order chi connectivity index (χ0) is 24.8. The van der Waals surface area contributed by atoms with Crippen molar-refractivity contribution in [2.24, 2.45) is 0 Å². The second-order valence-electron chi connectivity index (χ2n) is 8.76. The van der Waals surface area contributed by atoms with Crippen LogP contribution in [0.2, 0.25) is 0 Å². The lowest BCUT2D eigenvalue weighted by Gasteiger charge is -2.39. The van der Waals surface area contributed by atoms with Gasteiger partial charge in [-0.3, -0.25) is 0 Å². The molecule has 1 N–H and O–H groups in total. The SMILES string of the molecule is COc1ccc([C@H]2C3=C(Nc4ncnn42)c2cc(C)ccc2O[C@@H]3c2ccc(OC)cc2OC)cc1. The van der Waals surface area contributed by atoms with Gasteiger partial charge in [-0.1, -0.05) is 23.8 Å². The molecule has 36 heavy (non-hydrogen) atoms. The summed E-state index contributed by atoms with van der Waals surface area (Å²) in [6.07, 6.45) is 1.12. The van der Waals surface area contributed by atoms with Crippen LogP contribution in [-0.4, -0.2) is 36.1 Å². The number of aromatic nitrogens is 3. The van der Waals surface area contributed by atoms with Crippen LogP contribution in [0.15, 0.2) is 72.6 Å². The van der Waals surface area contributed by atoms with Gasteiger partial charge in [-0.25, -0.2) is 4.68 Å². The molecule has 2 atom stereocenters. The van der Waals surface area contributed by atoms with E-state index in [-0.39, 0.29) is 6.04 Å². The second kappa shape index (κ2) is 8.64. The predicted molar refractivity (Wildman–Crippen MR) is 136 cm³/mol. The smallest absolute Gasteiger partial charge is 0.226 e. The van der Waals surface area contributed by atoms with Gasteiger partial charge in [0.2, 0.25) is 5.95 Å². The summed E-state index contributed by atoms with van der Waals surface area (Å²) < 4.78 is 25.3. The van der Waals surface area contributed by atoms with Gasteiger partial charge in [0.05, 0.1) is 27.0 Å². The maximum Gasteiger partial charge on any atom is 0.226 e. The van der Waals surface area contributed by atoms with E-state index in [1.807, 2.05) is 41.1 Å². The number of anilines is 1. The minimum atomic E-state index is -0.451. The molecule has 0 spiro atoms. The van der Waals surface area contributed by atoms with Crippen molar-refractivity contribution in [2.45, 2.75) is 19.1 Å². The van der Waals surface area contributed by atoms with Crippen molar-refractivity contribution in [1.82, 2.24) is 14.8 Å². The zero-order valence-electron chi connectivity index (χ0n) is 20.5. The molecule has 0 fully saturated rings. The first kappa shape index (κ1) is 22.0. The van der Waals surface area contributed by atoms with Crippen molar-refractivity contribution in [2.75, 3.05) is 26.6 Å². The van der Waals surface area contributed by atoms with Crippen LogP contribution in [0.3, 0.4) is 0 Å². The van der Waals surface area contributed by atoms with Crippen molar-refractivity contribution in [3.63, 3.8) is 0 Å².